The quantitative estimate of drug-likeness (QED) is 0.864. The summed E-state index contributed by atoms with van der Waals surface area (Å²) in [5, 5.41) is 0. The molecular formula is C12H18N2OS. The fourth-order valence-electron chi connectivity index (χ4n) is 2.00. The van der Waals surface area contributed by atoms with E-state index in [-0.39, 0.29) is 0 Å². The lowest BCUT2D eigenvalue weighted by Crippen LogP contribution is -2.37. The van der Waals surface area contributed by atoms with Gasteiger partial charge in [0.1, 0.15) is 11.0 Å². The third kappa shape index (κ3) is 2.70. The highest BCUT2D eigenvalue weighted by Crippen LogP contribution is 2.20. The predicted octanol–water partition coefficient (Wildman–Crippen LogP) is 1.38. The Labute approximate surface area is 99.2 Å². The van der Waals surface area contributed by atoms with Crippen molar-refractivity contribution in [2.45, 2.75) is 17.7 Å². The lowest BCUT2D eigenvalue weighted by molar-refractivity contribution is 0.288. The van der Waals surface area contributed by atoms with Gasteiger partial charge in [0.05, 0.1) is 4.90 Å². The van der Waals surface area contributed by atoms with Crippen LogP contribution in [-0.4, -0.2) is 28.1 Å². The second-order valence-electron chi connectivity index (χ2n) is 4.17. The zero-order valence-electron chi connectivity index (χ0n) is 9.34. The highest BCUT2D eigenvalue weighted by molar-refractivity contribution is 7.82. The van der Waals surface area contributed by atoms with Gasteiger partial charge in [0.15, 0.2) is 0 Å². The van der Waals surface area contributed by atoms with Crippen molar-refractivity contribution in [3.63, 3.8) is 0 Å². The van der Waals surface area contributed by atoms with Gasteiger partial charge in [0.25, 0.3) is 0 Å². The predicted molar refractivity (Wildman–Crippen MR) is 66.2 cm³/mol. The summed E-state index contributed by atoms with van der Waals surface area (Å²) in [5.41, 5.74) is 5.64. The molecule has 0 spiro atoms. The van der Waals surface area contributed by atoms with Gasteiger partial charge in [-0.25, -0.2) is 8.51 Å². The van der Waals surface area contributed by atoms with E-state index in [0.29, 0.717) is 5.92 Å². The summed E-state index contributed by atoms with van der Waals surface area (Å²) in [7, 11) is -0.994. The molecule has 0 bridgehead atoms. The fraction of sp³-hybridized carbons (Fsp3) is 0.500. The van der Waals surface area contributed by atoms with Crippen LogP contribution in [0.25, 0.3) is 0 Å². The first kappa shape index (κ1) is 11.8. The molecular weight excluding hydrogens is 220 g/mol. The van der Waals surface area contributed by atoms with Crippen LogP contribution < -0.4 is 5.73 Å². The van der Waals surface area contributed by atoms with Crippen LogP contribution in [0.3, 0.4) is 0 Å². The maximum Gasteiger partial charge on any atom is 0.127 e. The maximum atomic E-state index is 12.2. The Hall–Kier alpha value is -0.710. The van der Waals surface area contributed by atoms with E-state index in [1.54, 1.807) is 0 Å². The molecule has 2 rings (SSSR count). The molecule has 1 unspecified atom stereocenters. The van der Waals surface area contributed by atoms with E-state index < -0.39 is 11.0 Å². The Kier molecular flexibility index (Phi) is 4.09. The van der Waals surface area contributed by atoms with Gasteiger partial charge in [-0.15, -0.1) is 0 Å². The van der Waals surface area contributed by atoms with E-state index in [2.05, 4.69) is 0 Å². The molecule has 0 aliphatic carbocycles. The highest BCUT2D eigenvalue weighted by Gasteiger charge is 2.22. The maximum absolute atomic E-state index is 12.2. The van der Waals surface area contributed by atoms with Crippen molar-refractivity contribution >= 4 is 11.0 Å². The molecule has 1 atom stereocenters. The smallest absolute Gasteiger partial charge is 0.127 e. The number of hydrogen-bond acceptors (Lipinski definition) is 2. The van der Waals surface area contributed by atoms with Crippen LogP contribution in [0.2, 0.25) is 0 Å². The van der Waals surface area contributed by atoms with Gasteiger partial charge in [-0.05, 0) is 37.4 Å². The van der Waals surface area contributed by atoms with Gasteiger partial charge in [-0.1, -0.05) is 18.2 Å². The van der Waals surface area contributed by atoms with Crippen molar-refractivity contribution in [1.29, 1.82) is 0 Å². The van der Waals surface area contributed by atoms with Crippen LogP contribution in [-0.2, 0) is 11.0 Å². The third-order valence-corrected chi connectivity index (χ3v) is 4.60. The normalized spacial score (nSPS) is 20.8. The minimum absolute atomic E-state index is 0.615. The Morgan fingerprint density at radius 3 is 2.44 bits per heavy atom. The molecule has 1 aromatic rings. The molecule has 0 amide bonds. The van der Waals surface area contributed by atoms with Crippen molar-refractivity contribution in [2.24, 2.45) is 11.7 Å². The molecule has 4 heteroatoms. The zero-order chi connectivity index (χ0) is 11.4. The summed E-state index contributed by atoms with van der Waals surface area (Å²) in [6, 6.07) is 9.65. The molecule has 1 fully saturated rings. The molecule has 2 N–H and O–H groups in total. The van der Waals surface area contributed by atoms with Crippen molar-refractivity contribution < 1.29 is 4.21 Å². The van der Waals surface area contributed by atoms with Crippen molar-refractivity contribution in [3.8, 4) is 0 Å². The molecule has 0 aromatic heterocycles. The summed E-state index contributed by atoms with van der Waals surface area (Å²) in [6.07, 6.45) is 2.13. The summed E-state index contributed by atoms with van der Waals surface area (Å²) in [4.78, 5) is 0.897. The summed E-state index contributed by atoms with van der Waals surface area (Å²) < 4.78 is 14.2. The lowest BCUT2D eigenvalue weighted by atomic mass is 9.99. The van der Waals surface area contributed by atoms with E-state index in [4.69, 9.17) is 5.73 Å². The van der Waals surface area contributed by atoms with E-state index in [9.17, 15) is 4.21 Å². The molecule has 1 heterocycles. The minimum Gasteiger partial charge on any atom is -0.330 e. The molecule has 1 aromatic carbocycles. The summed E-state index contributed by atoms with van der Waals surface area (Å²) >= 11 is 0. The standard InChI is InChI=1S/C12H18N2OS/c13-10-11-6-8-14(9-7-11)16(15)12-4-2-1-3-5-12/h1-5,11H,6-10,13H2. The van der Waals surface area contributed by atoms with Gasteiger partial charge in [0, 0.05) is 13.1 Å². The van der Waals surface area contributed by atoms with Crippen LogP contribution in [0, 0.1) is 5.92 Å². The number of rotatable bonds is 3. The number of benzene rings is 1. The summed E-state index contributed by atoms with van der Waals surface area (Å²) in [6.45, 7) is 2.54. The zero-order valence-corrected chi connectivity index (χ0v) is 10.2. The average molecular weight is 238 g/mol. The van der Waals surface area contributed by atoms with Crippen molar-refractivity contribution in [1.82, 2.24) is 4.31 Å². The number of hydrogen-bond donors (Lipinski definition) is 1. The van der Waals surface area contributed by atoms with Crippen LogP contribution in [0.5, 0.6) is 0 Å². The first-order valence-corrected chi connectivity index (χ1v) is 6.84. The Balaban J connectivity index is 1.97. The number of nitrogens with two attached hydrogens (primary N) is 1. The SMILES string of the molecule is NCC1CCN(S(=O)c2ccccc2)CC1. The molecule has 88 valence electrons. The first-order valence-electron chi connectivity index (χ1n) is 5.73. The van der Waals surface area contributed by atoms with E-state index in [0.717, 1.165) is 37.4 Å². The second kappa shape index (κ2) is 5.57. The van der Waals surface area contributed by atoms with Gasteiger partial charge >= 0.3 is 0 Å². The summed E-state index contributed by atoms with van der Waals surface area (Å²) in [5.74, 6) is 0.615. The molecule has 3 nitrogen and oxygen atoms in total. The molecule has 1 aliphatic rings. The van der Waals surface area contributed by atoms with Crippen molar-refractivity contribution in [2.75, 3.05) is 19.6 Å². The monoisotopic (exact) mass is 238 g/mol. The fourth-order valence-corrected chi connectivity index (χ4v) is 3.23. The number of piperidine rings is 1. The van der Waals surface area contributed by atoms with Gasteiger partial charge in [-0.2, -0.15) is 0 Å². The van der Waals surface area contributed by atoms with Crippen LogP contribution >= 0.6 is 0 Å². The number of nitrogens with zero attached hydrogens (tertiary/aromatic N) is 1. The Bertz CT molecular complexity index is 347. The van der Waals surface area contributed by atoms with E-state index >= 15 is 0 Å². The molecule has 0 radical (unpaired) electrons. The third-order valence-electron chi connectivity index (χ3n) is 3.09. The van der Waals surface area contributed by atoms with Gasteiger partial charge < -0.3 is 5.73 Å². The lowest BCUT2D eigenvalue weighted by Gasteiger charge is -2.30. The molecule has 1 aliphatic heterocycles. The minimum atomic E-state index is -0.994. The Morgan fingerprint density at radius 1 is 1.25 bits per heavy atom. The Morgan fingerprint density at radius 2 is 1.88 bits per heavy atom. The van der Waals surface area contributed by atoms with Crippen LogP contribution in [0.4, 0.5) is 0 Å². The van der Waals surface area contributed by atoms with Gasteiger partial charge in [0.2, 0.25) is 0 Å². The topological polar surface area (TPSA) is 46.3 Å². The van der Waals surface area contributed by atoms with E-state index in [1.807, 2.05) is 34.6 Å². The van der Waals surface area contributed by atoms with Crippen LogP contribution in [0.1, 0.15) is 12.8 Å². The molecule has 1 saturated heterocycles. The second-order valence-corrected chi connectivity index (χ2v) is 5.66. The average Bonchev–Trinajstić information content (AvgIpc) is 2.39. The highest BCUT2D eigenvalue weighted by atomic mass is 32.2. The van der Waals surface area contributed by atoms with Crippen molar-refractivity contribution in [3.05, 3.63) is 30.3 Å². The molecule has 16 heavy (non-hydrogen) atoms. The van der Waals surface area contributed by atoms with Gasteiger partial charge in [-0.3, -0.25) is 0 Å². The molecule has 0 saturated carbocycles. The first-order chi connectivity index (χ1) is 7.81. The van der Waals surface area contributed by atoms with Crippen LogP contribution in [0.15, 0.2) is 35.2 Å². The van der Waals surface area contributed by atoms with E-state index in [1.165, 1.54) is 0 Å². The largest absolute Gasteiger partial charge is 0.330 e.